The van der Waals surface area contributed by atoms with E-state index in [1.54, 1.807) is 18.2 Å². The Labute approximate surface area is 147 Å². The first-order valence-corrected chi connectivity index (χ1v) is 7.67. The highest BCUT2D eigenvalue weighted by molar-refractivity contribution is 6.30. The maximum atomic E-state index is 13.8. The molecule has 128 valence electrons. The lowest BCUT2D eigenvalue weighted by molar-refractivity contribution is 0.586. The maximum absolute atomic E-state index is 13.8. The van der Waals surface area contributed by atoms with E-state index in [2.05, 4.69) is 20.6 Å². The van der Waals surface area contributed by atoms with Gasteiger partial charge in [0.05, 0.1) is 5.69 Å². The molecule has 0 saturated heterocycles. The van der Waals surface area contributed by atoms with Crippen molar-refractivity contribution in [1.82, 2.24) is 9.97 Å². The van der Waals surface area contributed by atoms with Crippen molar-refractivity contribution in [3.8, 4) is 0 Å². The van der Waals surface area contributed by atoms with Crippen molar-refractivity contribution in [3.05, 3.63) is 64.9 Å². The number of nitrogens with one attached hydrogen (secondary N) is 2. The molecule has 1 aromatic heterocycles. The molecule has 0 fully saturated rings. The van der Waals surface area contributed by atoms with Crippen LogP contribution in [-0.4, -0.2) is 9.97 Å². The second-order valence-electron chi connectivity index (χ2n) is 5.32. The van der Waals surface area contributed by atoms with E-state index in [0.29, 0.717) is 10.8 Å². The predicted octanol–water partition coefficient (Wildman–Crippen LogP) is 4.79. The smallest absolute Gasteiger partial charge is 0.159 e. The maximum Gasteiger partial charge on any atom is 0.159 e. The lowest BCUT2D eigenvalue weighted by Gasteiger charge is -2.14. The lowest BCUT2D eigenvalue weighted by Crippen LogP contribution is -2.06. The highest BCUT2D eigenvalue weighted by atomic mass is 35.5. The summed E-state index contributed by atoms with van der Waals surface area (Å²) in [4.78, 5) is 8.11. The van der Waals surface area contributed by atoms with Gasteiger partial charge in [0.15, 0.2) is 11.6 Å². The minimum atomic E-state index is -0.749. The Morgan fingerprint density at radius 3 is 2.24 bits per heavy atom. The second-order valence-corrected chi connectivity index (χ2v) is 5.75. The van der Waals surface area contributed by atoms with Crippen LogP contribution in [0.2, 0.25) is 5.02 Å². The van der Waals surface area contributed by atoms with E-state index in [1.807, 2.05) is 6.92 Å². The van der Waals surface area contributed by atoms with Crippen molar-refractivity contribution in [3.63, 3.8) is 0 Å². The van der Waals surface area contributed by atoms with Crippen LogP contribution in [0.1, 0.15) is 5.56 Å². The van der Waals surface area contributed by atoms with Gasteiger partial charge in [0.2, 0.25) is 0 Å². The number of benzene rings is 2. The van der Waals surface area contributed by atoms with Crippen molar-refractivity contribution < 1.29 is 8.78 Å². The summed E-state index contributed by atoms with van der Waals surface area (Å²) in [6.07, 6.45) is 1.29. The number of hydrogen-bond acceptors (Lipinski definition) is 5. The van der Waals surface area contributed by atoms with Gasteiger partial charge < -0.3 is 16.4 Å². The number of aromatic nitrogens is 2. The van der Waals surface area contributed by atoms with Gasteiger partial charge in [-0.15, -0.1) is 0 Å². The normalized spacial score (nSPS) is 10.6. The number of aryl methyl sites for hydroxylation is 1. The summed E-state index contributed by atoms with van der Waals surface area (Å²) in [5.41, 5.74) is 8.00. The molecule has 1 heterocycles. The summed E-state index contributed by atoms with van der Waals surface area (Å²) >= 11 is 5.94. The van der Waals surface area contributed by atoms with Gasteiger partial charge in [-0.05, 0) is 42.8 Å². The average Bonchev–Trinajstić information content (AvgIpc) is 2.56. The Kier molecular flexibility index (Phi) is 4.67. The molecular weight excluding hydrogens is 348 g/mol. The molecule has 0 aliphatic rings. The summed E-state index contributed by atoms with van der Waals surface area (Å²) in [5.74, 6) is -0.861. The molecule has 0 amide bonds. The average molecular weight is 362 g/mol. The van der Waals surface area contributed by atoms with Gasteiger partial charge in [-0.25, -0.2) is 18.7 Å². The summed E-state index contributed by atoms with van der Waals surface area (Å²) in [7, 11) is 0. The fraction of sp³-hybridized carbons (Fsp3) is 0.0588. The molecule has 0 unspecified atom stereocenters. The van der Waals surface area contributed by atoms with E-state index in [9.17, 15) is 8.78 Å². The van der Waals surface area contributed by atoms with E-state index in [4.69, 9.17) is 17.3 Å². The number of hydrogen-bond donors (Lipinski definition) is 3. The molecule has 8 heteroatoms. The van der Waals surface area contributed by atoms with Crippen LogP contribution in [0.25, 0.3) is 0 Å². The molecule has 3 aromatic rings. The quantitative estimate of drug-likeness (QED) is 0.623. The first-order chi connectivity index (χ1) is 11.9. The second kappa shape index (κ2) is 6.90. The number of rotatable bonds is 4. The van der Waals surface area contributed by atoms with Gasteiger partial charge in [0, 0.05) is 16.8 Å². The molecule has 0 atom stereocenters. The van der Waals surface area contributed by atoms with Crippen molar-refractivity contribution in [2.45, 2.75) is 6.92 Å². The van der Waals surface area contributed by atoms with Crippen LogP contribution in [0, 0.1) is 18.6 Å². The first kappa shape index (κ1) is 16.9. The van der Waals surface area contributed by atoms with Crippen LogP contribution < -0.4 is 16.4 Å². The Balaban J connectivity index is 1.89. The Bertz CT molecular complexity index is 861. The summed E-state index contributed by atoms with van der Waals surface area (Å²) in [6, 6.07) is 8.51. The summed E-state index contributed by atoms with van der Waals surface area (Å²) in [6.45, 7) is 1.89. The Hall–Kier alpha value is -2.93. The minimum Gasteiger partial charge on any atom is -0.393 e. The third kappa shape index (κ3) is 3.77. The molecule has 0 aliphatic carbocycles. The van der Waals surface area contributed by atoms with Crippen LogP contribution in [0.3, 0.4) is 0 Å². The third-order valence-corrected chi connectivity index (χ3v) is 3.74. The molecule has 4 N–H and O–H groups in total. The molecule has 3 rings (SSSR count). The summed E-state index contributed by atoms with van der Waals surface area (Å²) < 4.78 is 26.8. The fourth-order valence-electron chi connectivity index (χ4n) is 2.21. The van der Waals surface area contributed by atoms with Crippen LogP contribution in [0.15, 0.2) is 42.7 Å². The molecule has 0 aliphatic heterocycles. The van der Waals surface area contributed by atoms with Crippen molar-refractivity contribution >= 4 is 40.3 Å². The zero-order valence-corrected chi connectivity index (χ0v) is 13.9. The molecule has 0 radical (unpaired) electrons. The molecule has 25 heavy (non-hydrogen) atoms. The summed E-state index contributed by atoms with van der Waals surface area (Å²) in [5, 5.41) is 6.45. The van der Waals surface area contributed by atoms with Gasteiger partial charge in [-0.3, -0.25) is 0 Å². The predicted molar refractivity (Wildman–Crippen MR) is 95.6 cm³/mol. The largest absolute Gasteiger partial charge is 0.393 e. The van der Waals surface area contributed by atoms with Gasteiger partial charge in [0.1, 0.15) is 23.6 Å². The highest BCUT2D eigenvalue weighted by Crippen LogP contribution is 2.30. The highest BCUT2D eigenvalue weighted by Gasteiger charge is 2.12. The third-order valence-electron chi connectivity index (χ3n) is 3.51. The zero-order chi connectivity index (χ0) is 18.0. The first-order valence-electron chi connectivity index (χ1n) is 7.30. The molecule has 0 spiro atoms. The van der Waals surface area contributed by atoms with Gasteiger partial charge >= 0.3 is 0 Å². The standard InChI is InChI=1S/C17H14ClF2N5/c1-9-6-10(18)2-4-13(9)24-16-15(21)17(23-8-22-16)25-14-5-3-11(19)7-12(14)20/h2-8H,21H2,1H3,(H2,22,23,24,25). The number of nitrogens with zero attached hydrogens (tertiary/aromatic N) is 2. The fourth-order valence-corrected chi connectivity index (χ4v) is 2.43. The molecule has 5 nitrogen and oxygen atoms in total. The van der Waals surface area contributed by atoms with E-state index in [-0.39, 0.29) is 17.2 Å². The van der Waals surface area contributed by atoms with Gasteiger partial charge in [0.25, 0.3) is 0 Å². The SMILES string of the molecule is Cc1cc(Cl)ccc1Nc1ncnc(Nc2ccc(F)cc2F)c1N. The number of nitrogen functional groups attached to an aromatic ring is 1. The number of halogens is 3. The van der Waals surface area contributed by atoms with Crippen LogP contribution in [-0.2, 0) is 0 Å². The van der Waals surface area contributed by atoms with E-state index in [0.717, 1.165) is 23.4 Å². The van der Waals surface area contributed by atoms with E-state index in [1.165, 1.54) is 12.4 Å². The van der Waals surface area contributed by atoms with E-state index >= 15 is 0 Å². The molecule has 2 aromatic carbocycles. The Morgan fingerprint density at radius 1 is 0.960 bits per heavy atom. The van der Waals surface area contributed by atoms with E-state index < -0.39 is 11.6 Å². The van der Waals surface area contributed by atoms with Crippen LogP contribution in [0.4, 0.5) is 37.5 Å². The van der Waals surface area contributed by atoms with Gasteiger partial charge in [-0.1, -0.05) is 11.6 Å². The topological polar surface area (TPSA) is 75.9 Å². The monoisotopic (exact) mass is 361 g/mol. The van der Waals surface area contributed by atoms with Crippen molar-refractivity contribution in [1.29, 1.82) is 0 Å². The molecule has 0 saturated carbocycles. The number of nitrogens with two attached hydrogens (primary N) is 1. The molecule has 0 bridgehead atoms. The zero-order valence-electron chi connectivity index (χ0n) is 13.1. The van der Waals surface area contributed by atoms with Gasteiger partial charge in [-0.2, -0.15) is 0 Å². The Morgan fingerprint density at radius 2 is 1.60 bits per heavy atom. The van der Waals surface area contributed by atoms with Crippen molar-refractivity contribution in [2.75, 3.05) is 16.4 Å². The van der Waals surface area contributed by atoms with Crippen LogP contribution in [0.5, 0.6) is 0 Å². The molecular formula is C17H14ClF2N5. The number of anilines is 5. The van der Waals surface area contributed by atoms with Crippen LogP contribution >= 0.6 is 11.6 Å². The van der Waals surface area contributed by atoms with Crippen molar-refractivity contribution in [2.24, 2.45) is 0 Å². The lowest BCUT2D eigenvalue weighted by atomic mass is 10.2. The minimum absolute atomic E-state index is 0.0559.